The Bertz CT molecular complexity index is 782. The van der Waals surface area contributed by atoms with Crippen molar-refractivity contribution in [1.82, 2.24) is 20.5 Å². The fraction of sp³-hybridized carbons (Fsp3) is 0.167. The molecule has 0 aliphatic rings. The summed E-state index contributed by atoms with van der Waals surface area (Å²) < 4.78 is 0. The van der Waals surface area contributed by atoms with Crippen molar-refractivity contribution in [2.24, 2.45) is 0 Å². The maximum Gasteiger partial charge on any atom is 0.234 e. The second-order valence-electron chi connectivity index (χ2n) is 5.53. The summed E-state index contributed by atoms with van der Waals surface area (Å²) in [4.78, 5) is 16.7. The highest BCUT2D eigenvalue weighted by molar-refractivity contribution is 8.00. The SMILES string of the molecule is C[C@H](Sc1n[nH]c(N)n1)C(=O)NC(c1ccccc1)c1ccccc1. The van der Waals surface area contributed by atoms with Gasteiger partial charge in [-0.1, -0.05) is 72.4 Å². The van der Waals surface area contributed by atoms with E-state index in [4.69, 9.17) is 5.73 Å². The van der Waals surface area contributed by atoms with Crippen LogP contribution in [0.25, 0.3) is 0 Å². The fourth-order valence-corrected chi connectivity index (χ4v) is 3.17. The Morgan fingerprint density at radius 1 is 1.08 bits per heavy atom. The Kier molecular flexibility index (Phi) is 5.35. The maximum atomic E-state index is 12.7. The highest BCUT2D eigenvalue weighted by Gasteiger charge is 2.22. The van der Waals surface area contributed by atoms with Gasteiger partial charge >= 0.3 is 0 Å². The molecule has 0 aliphatic carbocycles. The highest BCUT2D eigenvalue weighted by atomic mass is 32.2. The Balaban J connectivity index is 1.76. The molecule has 0 fully saturated rings. The molecular weight excluding hydrogens is 334 g/mol. The van der Waals surface area contributed by atoms with Gasteiger partial charge in [0.2, 0.25) is 17.0 Å². The first kappa shape index (κ1) is 17.0. The van der Waals surface area contributed by atoms with Crippen LogP contribution in [0.15, 0.2) is 65.8 Å². The summed E-state index contributed by atoms with van der Waals surface area (Å²) in [5, 5.41) is 9.74. The minimum absolute atomic E-state index is 0.0916. The van der Waals surface area contributed by atoms with Crippen LogP contribution in [0.4, 0.5) is 5.95 Å². The molecule has 0 unspecified atom stereocenters. The summed E-state index contributed by atoms with van der Waals surface area (Å²) in [5.41, 5.74) is 7.58. The number of carbonyl (C=O) groups is 1. The van der Waals surface area contributed by atoms with E-state index in [-0.39, 0.29) is 23.1 Å². The van der Waals surface area contributed by atoms with Gasteiger partial charge in [0.05, 0.1) is 11.3 Å². The zero-order valence-electron chi connectivity index (χ0n) is 13.7. The van der Waals surface area contributed by atoms with E-state index in [9.17, 15) is 4.79 Å². The third-order valence-corrected chi connectivity index (χ3v) is 4.65. The molecule has 0 spiro atoms. The van der Waals surface area contributed by atoms with Crippen LogP contribution in [-0.4, -0.2) is 26.3 Å². The first-order valence-corrected chi connectivity index (χ1v) is 8.76. The molecule has 128 valence electrons. The van der Waals surface area contributed by atoms with E-state index in [0.717, 1.165) is 11.1 Å². The number of hydrogen-bond acceptors (Lipinski definition) is 5. The molecule has 2 aromatic carbocycles. The summed E-state index contributed by atoms with van der Waals surface area (Å²) in [6, 6.07) is 19.6. The molecule has 6 nitrogen and oxygen atoms in total. The molecule has 0 saturated heterocycles. The molecule has 1 heterocycles. The third-order valence-electron chi connectivity index (χ3n) is 3.69. The van der Waals surface area contributed by atoms with Crippen LogP contribution in [0.3, 0.4) is 0 Å². The second-order valence-corrected chi connectivity index (χ2v) is 6.83. The average molecular weight is 353 g/mol. The molecule has 25 heavy (non-hydrogen) atoms. The van der Waals surface area contributed by atoms with Crippen molar-refractivity contribution in [2.75, 3.05) is 5.73 Å². The van der Waals surface area contributed by atoms with E-state index in [2.05, 4.69) is 20.5 Å². The molecule has 0 bridgehead atoms. The van der Waals surface area contributed by atoms with Crippen LogP contribution >= 0.6 is 11.8 Å². The zero-order chi connectivity index (χ0) is 17.6. The highest BCUT2D eigenvalue weighted by Crippen LogP contribution is 2.24. The number of nitrogens with zero attached hydrogens (tertiary/aromatic N) is 2. The molecule has 1 aromatic heterocycles. The van der Waals surface area contributed by atoms with Gasteiger partial charge in [-0.05, 0) is 18.1 Å². The van der Waals surface area contributed by atoms with E-state index in [1.54, 1.807) is 0 Å². The molecule has 7 heteroatoms. The van der Waals surface area contributed by atoms with Gasteiger partial charge in [-0.3, -0.25) is 4.79 Å². The number of aromatic amines is 1. The number of benzene rings is 2. The molecule has 1 amide bonds. The van der Waals surface area contributed by atoms with Gasteiger partial charge in [0, 0.05) is 0 Å². The monoisotopic (exact) mass is 353 g/mol. The number of amides is 1. The van der Waals surface area contributed by atoms with Crippen LogP contribution < -0.4 is 11.1 Å². The normalized spacial score (nSPS) is 12.1. The van der Waals surface area contributed by atoms with Crippen molar-refractivity contribution >= 4 is 23.6 Å². The minimum atomic E-state index is -0.356. The summed E-state index contributed by atoms with van der Waals surface area (Å²) in [7, 11) is 0. The van der Waals surface area contributed by atoms with Crippen LogP contribution in [0, 0.1) is 0 Å². The van der Waals surface area contributed by atoms with E-state index in [1.807, 2.05) is 67.6 Å². The number of H-pyrrole nitrogens is 1. The van der Waals surface area contributed by atoms with Crippen LogP contribution in [-0.2, 0) is 4.79 Å². The summed E-state index contributed by atoms with van der Waals surface area (Å²) in [6.07, 6.45) is 0. The topological polar surface area (TPSA) is 96.7 Å². The van der Waals surface area contributed by atoms with Crippen molar-refractivity contribution in [3.05, 3.63) is 71.8 Å². The van der Waals surface area contributed by atoms with Gasteiger partial charge in [-0.15, -0.1) is 5.10 Å². The van der Waals surface area contributed by atoms with Gasteiger partial charge in [0.15, 0.2) is 0 Å². The van der Waals surface area contributed by atoms with E-state index in [1.165, 1.54) is 11.8 Å². The number of nitrogens with two attached hydrogens (primary N) is 1. The number of nitrogen functional groups attached to an aromatic ring is 1. The molecule has 0 radical (unpaired) electrons. The van der Waals surface area contributed by atoms with Crippen LogP contribution in [0.1, 0.15) is 24.1 Å². The lowest BCUT2D eigenvalue weighted by Gasteiger charge is -2.21. The number of rotatable bonds is 6. The molecular formula is C18H19N5OS. The van der Waals surface area contributed by atoms with Crippen LogP contribution in [0.5, 0.6) is 0 Å². The first-order valence-electron chi connectivity index (χ1n) is 7.88. The smallest absolute Gasteiger partial charge is 0.234 e. The summed E-state index contributed by atoms with van der Waals surface area (Å²) >= 11 is 1.26. The van der Waals surface area contributed by atoms with Gasteiger partial charge in [-0.25, -0.2) is 5.10 Å². The average Bonchev–Trinajstić information content (AvgIpc) is 3.05. The lowest BCUT2D eigenvalue weighted by atomic mass is 9.98. The maximum absolute atomic E-state index is 12.7. The van der Waals surface area contributed by atoms with E-state index >= 15 is 0 Å². The van der Waals surface area contributed by atoms with Crippen molar-refractivity contribution in [3.8, 4) is 0 Å². The Labute approximate surface area is 150 Å². The van der Waals surface area contributed by atoms with Crippen LogP contribution in [0.2, 0.25) is 0 Å². The quantitative estimate of drug-likeness (QED) is 0.592. The number of nitrogens with one attached hydrogen (secondary N) is 2. The number of carbonyl (C=O) groups excluding carboxylic acids is 1. The molecule has 0 aliphatic heterocycles. The van der Waals surface area contributed by atoms with Gasteiger partial charge in [0.25, 0.3) is 0 Å². The van der Waals surface area contributed by atoms with Crippen molar-refractivity contribution in [1.29, 1.82) is 0 Å². The fourth-order valence-electron chi connectivity index (χ4n) is 2.43. The lowest BCUT2D eigenvalue weighted by Crippen LogP contribution is -2.35. The number of anilines is 1. The van der Waals surface area contributed by atoms with Gasteiger partial charge in [-0.2, -0.15) is 4.98 Å². The standard InChI is InChI=1S/C18H19N5OS/c1-12(25-18-21-17(19)22-23-18)16(24)20-15(13-8-4-2-5-9-13)14-10-6-3-7-11-14/h2-12,15H,1H3,(H,20,24)(H3,19,21,22,23)/t12-/m0/s1. The minimum Gasteiger partial charge on any atom is -0.368 e. The molecule has 0 saturated carbocycles. The summed E-state index contributed by atoms with van der Waals surface area (Å²) in [6.45, 7) is 1.82. The summed E-state index contributed by atoms with van der Waals surface area (Å²) in [5.74, 6) is 0.146. The molecule has 4 N–H and O–H groups in total. The van der Waals surface area contributed by atoms with E-state index < -0.39 is 0 Å². The lowest BCUT2D eigenvalue weighted by molar-refractivity contribution is -0.120. The molecule has 3 aromatic rings. The number of thioether (sulfide) groups is 1. The number of aromatic nitrogens is 3. The molecule has 1 atom stereocenters. The predicted molar refractivity (Wildman–Crippen MR) is 99.0 cm³/mol. The Morgan fingerprint density at radius 2 is 1.64 bits per heavy atom. The van der Waals surface area contributed by atoms with Gasteiger partial charge < -0.3 is 11.1 Å². The van der Waals surface area contributed by atoms with Crippen molar-refractivity contribution in [2.45, 2.75) is 23.4 Å². The number of hydrogen-bond donors (Lipinski definition) is 3. The van der Waals surface area contributed by atoms with Gasteiger partial charge in [0.1, 0.15) is 0 Å². The largest absolute Gasteiger partial charge is 0.368 e. The first-order chi connectivity index (χ1) is 12.1. The third kappa shape index (κ3) is 4.39. The predicted octanol–water partition coefficient (Wildman–Crippen LogP) is 2.77. The molecule has 3 rings (SSSR count). The van der Waals surface area contributed by atoms with Crippen molar-refractivity contribution < 1.29 is 4.79 Å². The Morgan fingerprint density at radius 3 is 2.12 bits per heavy atom. The second kappa shape index (κ2) is 7.85. The Hall–Kier alpha value is -2.80. The zero-order valence-corrected chi connectivity index (χ0v) is 14.5. The van der Waals surface area contributed by atoms with E-state index in [0.29, 0.717) is 5.16 Å². The van der Waals surface area contributed by atoms with Crippen molar-refractivity contribution in [3.63, 3.8) is 0 Å².